The molecule has 0 aliphatic heterocycles. The van der Waals surface area contributed by atoms with Crippen LogP contribution < -0.4 is 10.6 Å². The highest BCUT2D eigenvalue weighted by Crippen LogP contribution is 1.94. The Labute approximate surface area is 115 Å². The molecule has 0 aliphatic carbocycles. The first kappa shape index (κ1) is 18.3. The molecule has 0 aliphatic rings. The highest BCUT2D eigenvalue weighted by molar-refractivity contribution is 5.81. The van der Waals surface area contributed by atoms with E-state index in [4.69, 9.17) is 9.47 Å². The number of aliphatic hydroxyl groups excluding tert-OH is 1. The minimum absolute atomic E-state index is 0.104. The molecule has 0 spiro atoms. The monoisotopic (exact) mass is 276 g/mol. The van der Waals surface area contributed by atoms with Gasteiger partial charge in [0, 0.05) is 26.8 Å². The van der Waals surface area contributed by atoms with Gasteiger partial charge in [0.1, 0.15) is 0 Å². The van der Waals surface area contributed by atoms with Gasteiger partial charge in [-0.1, -0.05) is 13.8 Å². The van der Waals surface area contributed by atoms with E-state index in [0.29, 0.717) is 32.2 Å². The highest BCUT2D eigenvalue weighted by atomic mass is 16.5. The number of hydrogen-bond donors (Lipinski definition) is 3. The molecule has 0 aromatic carbocycles. The predicted octanol–water partition coefficient (Wildman–Crippen LogP) is -0.239. The zero-order valence-electron chi connectivity index (χ0n) is 12.4. The van der Waals surface area contributed by atoms with Crippen LogP contribution in [0.15, 0.2) is 0 Å². The van der Waals surface area contributed by atoms with Crippen molar-refractivity contribution in [1.29, 1.82) is 0 Å². The number of carbonyl (C=O) groups excluding carboxylic acids is 1. The third-order valence-corrected chi connectivity index (χ3v) is 2.42. The Kier molecular flexibility index (Phi) is 10.8. The summed E-state index contributed by atoms with van der Waals surface area (Å²) in [7, 11) is 1.58. The van der Waals surface area contributed by atoms with Crippen molar-refractivity contribution < 1.29 is 19.4 Å². The van der Waals surface area contributed by atoms with Gasteiger partial charge in [-0.3, -0.25) is 4.79 Å². The fraction of sp³-hybridized carbons (Fsp3) is 0.923. The van der Waals surface area contributed by atoms with E-state index in [1.165, 1.54) is 0 Å². The Morgan fingerprint density at radius 1 is 1.26 bits per heavy atom. The summed E-state index contributed by atoms with van der Waals surface area (Å²) in [5.41, 5.74) is 0. The van der Waals surface area contributed by atoms with Gasteiger partial charge in [0.25, 0.3) is 0 Å². The molecule has 0 rings (SSSR count). The molecular formula is C13H28N2O4. The predicted molar refractivity (Wildman–Crippen MR) is 74.0 cm³/mol. The summed E-state index contributed by atoms with van der Waals surface area (Å²) in [6.45, 7) is 8.08. The molecule has 0 aromatic heterocycles. The van der Waals surface area contributed by atoms with Crippen LogP contribution in [0, 0.1) is 5.92 Å². The van der Waals surface area contributed by atoms with Crippen molar-refractivity contribution in [3.05, 3.63) is 0 Å². The van der Waals surface area contributed by atoms with E-state index in [-0.39, 0.29) is 18.6 Å². The van der Waals surface area contributed by atoms with Gasteiger partial charge >= 0.3 is 0 Å². The maximum Gasteiger partial charge on any atom is 0.236 e. The first-order chi connectivity index (χ1) is 8.97. The molecule has 0 radical (unpaired) electrons. The van der Waals surface area contributed by atoms with E-state index in [1.807, 2.05) is 0 Å². The Balaban J connectivity index is 3.64. The van der Waals surface area contributed by atoms with Crippen LogP contribution in [-0.2, 0) is 14.3 Å². The second kappa shape index (κ2) is 11.2. The molecule has 3 N–H and O–H groups in total. The minimum Gasteiger partial charge on any atom is -0.389 e. The molecule has 2 unspecified atom stereocenters. The quantitative estimate of drug-likeness (QED) is 0.454. The number of amides is 1. The Hall–Kier alpha value is -0.690. The number of carbonyl (C=O) groups is 1. The number of aliphatic hydroxyl groups is 1. The molecule has 0 saturated carbocycles. The third-order valence-electron chi connectivity index (χ3n) is 2.42. The maximum atomic E-state index is 11.6. The zero-order valence-corrected chi connectivity index (χ0v) is 12.4. The summed E-state index contributed by atoms with van der Waals surface area (Å²) in [6, 6.07) is -0.350. The number of rotatable bonds is 11. The van der Waals surface area contributed by atoms with Crippen LogP contribution in [-0.4, -0.2) is 63.2 Å². The molecule has 114 valence electrons. The first-order valence-corrected chi connectivity index (χ1v) is 6.73. The fourth-order valence-corrected chi connectivity index (χ4v) is 1.33. The summed E-state index contributed by atoms with van der Waals surface area (Å²) >= 11 is 0. The summed E-state index contributed by atoms with van der Waals surface area (Å²) in [4.78, 5) is 11.6. The van der Waals surface area contributed by atoms with Crippen molar-refractivity contribution in [3.8, 4) is 0 Å². The van der Waals surface area contributed by atoms with Crippen LogP contribution in [0.5, 0.6) is 0 Å². The average molecular weight is 276 g/mol. The van der Waals surface area contributed by atoms with Crippen molar-refractivity contribution in [2.45, 2.75) is 32.9 Å². The van der Waals surface area contributed by atoms with Gasteiger partial charge in [-0.15, -0.1) is 0 Å². The number of methoxy groups -OCH3 is 1. The van der Waals surface area contributed by atoms with Crippen molar-refractivity contribution in [2.75, 3.05) is 40.0 Å². The molecule has 0 saturated heterocycles. The molecule has 19 heavy (non-hydrogen) atoms. The van der Waals surface area contributed by atoms with E-state index >= 15 is 0 Å². The van der Waals surface area contributed by atoms with Crippen LogP contribution in [0.1, 0.15) is 20.8 Å². The van der Waals surface area contributed by atoms with Gasteiger partial charge in [0.15, 0.2) is 0 Å². The molecule has 6 nitrogen and oxygen atoms in total. The van der Waals surface area contributed by atoms with Gasteiger partial charge in [0.2, 0.25) is 5.91 Å². The molecule has 0 heterocycles. The normalized spacial score (nSPS) is 14.4. The molecule has 1 amide bonds. The summed E-state index contributed by atoms with van der Waals surface area (Å²) in [5, 5.41) is 15.4. The molecule has 2 atom stereocenters. The Bertz CT molecular complexity index is 237. The largest absolute Gasteiger partial charge is 0.389 e. The van der Waals surface area contributed by atoms with Gasteiger partial charge in [-0.25, -0.2) is 0 Å². The average Bonchev–Trinajstić information content (AvgIpc) is 2.35. The number of ether oxygens (including phenoxy) is 2. The van der Waals surface area contributed by atoms with Crippen molar-refractivity contribution in [2.24, 2.45) is 5.92 Å². The maximum absolute atomic E-state index is 11.6. The summed E-state index contributed by atoms with van der Waals surface area (Å²) in [6.07, 6.45) is -0.604. The van der Waals surface area contributed by atoms with Crippen LogP contribution in [0.4, 0.5) is 0 Å². The molecular weight excluding hydrogens is 248 g/mol. The van der Waals surface area contributed by atoms with E-state index in [2.05, 4.69) is 24.5 Å². The molecule has 0 fully saturated rings. The Morgan fingerprint density at radius 3 is 2.53 bits per heavy atom. The fourth-order valence-electron chi connectivity index (χ4n) is 1.33. The lowest BCUT2D eigenvalue weighted by Crippen LogP contribution is -2.46. The topological polar surface area (TPSA) is 79.8 Å². The van der Waals surface area contributed by atoms with E-state index < -0.39 is 6.10 Å². The SMILES string of the molecule is COCCNC(=O)C(C)NCC(O)COCC(C)C. The van der Waals surface area contributed by atoms with Crippen LogP contribution in [0.3, 0.4) is 0 Å². The lowest BCUT2D eigenvalue weighted by molar-refractivity contribution is -0.123. The lowest BCUT2D eigenvalue weighted by atomic mass is 10.2. The van der Waals surface area contributed by atoms with Crippen molar-refractivity contribution in [1.82, 2.24) is 10.6 Å². The summed E-state index contributed by atoms with van der Waals surface area (Å²) in [5.74, 6) is 0.345. The molecule has 0 aromatic rings. The van der Waals surface area contributed by atoms with Gasteiger partial charge in [-0.2, -0.15) is 0 Å². The smallest absolute Gasteiger partial charge is 0.236 e. The van der Waals surface area contributed by atoms with Crippen LogP contribution in [0.2, 0.25) is 0 Å². The van der Waals surface area contributed by atoms with Gasteiger partial charge in [-0.05, 0) is 12.8 Å². The molecule has 0 bridgehead atoms. The van der Waals surface area contributed by atoms with E-state index in [1.54, 1.807) is 14.0 Å². The van der Waals surface area contributed by atoms with Crippen molar-refractivity contribution >= 4 is 5.91 Å². The van der Waals surface area contributed by atoms with Crippen LogP contribution >= 0.6 is 0 Å². The highest BCUT2D eigenvalue weighted by Gasteiger charge is 2.13. The third kappa shape index (κ3) is 10.9. The number of nitrogens with one attached hydrogen (secondary N) is 2. The summed E-state index contributed by atoms with van der Waals surface area (Å²) < 4.78 is 10.2. The van der Waals surface area contributed by atoms with Gasteiger partial charge in [0.05, 0.1) is 25.4 Å². The second-order valence-corrected chi connectivity index (χ2v) is 5.00. The molecule has 6 heteroatoms. The van der Waals surface area contributed by atoms with Crippen molar-refractivity contribution in [3.63, 3.8) is 0 Å². The second-order valence-electron chi connectivity index (χ2n) is 5.00. The van der Waals surface area contributed by atoms with Crippen LogP contribution in [0.25, 0.3) is 0 Å². The lowest BCUT2D eigenvalue weighted by Gasteiger charge is -2.17. The Morgan fingerprint density at radius 2 is 1.95 bits per heavy atom. The van der Waals surface area contributed by atoms with Gasteiger partial charge < -0.3 is 25.2 Å². The zero-order chi connectivity index (χ0) is 14.7. The van der Waals surface area contributed by atoms with E-state index in [0.717, 1.165) is 0 Å². The number of hydrogen-bond acceptors (Lipinski definition) is 5. The minimum atomic E-state index is -0.604. The van der Waals surface area contributed by atoms with E-state index in [9.17, 15) is 9.90 Å². The first-order valence-electron chi connectivity index (χ1n) is 6.73. The standard InChI is InChI=1S/C13H28N2O4/c1-10(2)8-19-9-12(16)7-15-11(3)13(17)14-5-6-18-4/h10-12,15-16H,5-9H2,1-4H3,(H,14,17).